The lowest BCUT2D eigenvalue weighted by Crippen LogP contribution is -1.96. The van der Waals surface area contributed by atoms with Gasteiger partial charge in [-0.15, -0.1) is 0 Å². The van der Waals surface area contributed by atoms with Crippen LogP contribution in [0.2, 0.25) is 0 Å². The lowest BCUT2D eigenvalue weighted by Gasteiger charge is -1.96. The van der Waals surface area contributed by atoms with Gasteiger partial charge in [0.15, 0.2) is 0 Å². The number of rotatable bonds is 0. The Morgan fingerprint density at radius 2 is 1.79 bits per heavy atom. The van der Waals surface area contributed by atoms with Gasteiger partial charge < -0.3 is 10.3 Å². The maximum Gasteiger partial charge on any atom is 0.107 e. The molecule has 2 N–H and O–H groups in total. The van der Waals surface area contributed by atoms with Crippen molar-refractivity contribution in [3.63, 3.8) is 0 Å². The van der Waals surface area contributed by atoms with E-state index in [2.05, 4.69) is 10.2 Å². The van der Waals surface area contributed by atoms with Crippen molar-refractivity contribution in [1.29, 1.82) is 0 Å². The summed E-state index contributed by atoms with van der Waals surface area (Å²) in [6, 6.07) is 0. The Morgan fingerprint density at radius 3 is 2.36 bits per heavy atom. The van der Waals surface area contributed by atoms with E-state index in [0.717, 1.165) is 22.3 Å². The van der Waals surface area contributed by atoms with E-state index in [0.29, 0.717) is 0 Å². The van der Waals surface area contributed by atoms with Crippen LogP contribution in [0.15, 0.2) is 12.4 Å². The van der Waals surface area contributed by atoms with Gasteiger partial charge in [0, 0.05) is 18.0 Å². The first kappa shape index (κ1) is 10.5. The average Bonchev–Trinajstić information content (AvgIpc) is 2.48. The molecule has 4 heteroatoms. The molecule has 2 aromatic heterocycles. The topological polar surface area (TPSA) is 56.7 Å². The Balaban J connectivity index is 0.000000461. The zero-order chi connectivity index (χ0) is 10.7. The molecule has 2 rings (SSSR count). The highest BCUT2D eigenvalue weighted by atomic mass is 15.1. The molecule has 0 aliphatic heterocycles. The number of hydrogen-bond donors (Lipinski definition) is 1. The molecule has 0 spiro atoms. The molecule has 0 saturated carbocycles. The standard InChI is InChI=1S/C8H10N4.C2H6/c1-5-6-3-10-11-4-7(6)12(2)8(5)9;1-2/h3-4H,9H2,1-2H3;1-2H3. The maximum absolute atomic E-state index is 5.82. The Morgan fingerprint density at radius 1 is 1.21 bits per heavy atom. The molecule has 0 aliphatic rings. The van der Waals surface area contributed by atoms with Crippen LogP contribution in [0, 0.1) is 6.92 Å². The second kappa shape index (κ2) is 4.09. The van der Waals surface area contributed by atoms with Crippen molar-refractivity contribution < 1.29 is 0 Å². The van der Waals surface area contributed by atoms with Crippen LogP contribution in [0.25, 0.3) is 10.9 Å². The summed E-state index contributed by atoms with van der Waals surface area (Å²) in [5.74, 6) is 0.778. The fraction of sp³-hybridized carbons (Fsp3) is 0.400. The zero-order valence-corrected chi connectivity index (χ0v) is 9.07. The number of aromatic nitrogens is 3. The average molecular weight is 192 g/mol. The summed E-state index contributed by atoms with van der Waals surface area (Å²) in [6.45, 7) is 5.99. The highest BCUT2D eigenvalue weighted by molar-refractivity contribution is 5.87. The largest absolute Gasteiger partial charge is 0.385 e. The van der Waals surface area contributed by atoms with Crippen LogP contribution >= 0.6 is 0 Å². The minimum absolute atomic E-state index is 0.778. The van der Waals surface area contributed by atoms with Crippen molar-refractivity contribution in [3.05, 3.63) is 18.0 Å². The van der Waals surface area contributed by atoms with Crippen LogP contribution in [-0.2, 0) is 7.05 Å². The van der Waals surface area contributed by atoms with Crippen LogP contribution in [0.1, 0.15) is 19.4 Å². The molecule has 0 fully saturated rings. The highest BCUT2D eigenvalue weighted by Crippen LogP contribution is 2.23. The number of nitrogen functional groups attached to an aromatic ring is 1. The normalized spacial score (nSPS) is 9.71. The minimum atomic E-state index is 0.778. The van der Waals surface area contributed by atoms with Gasteiger partial charge in [-0.25, -0.2) is 0 Å². The van der Waals surface area contributed by atoms with Gasteiger partial charge in [0.25, 0.3) is 0 Å². The molecule has 4 nitrogen and oxygen atoms in total. The zero-order valence-electron chi connectivity index (χ0n) is 9.07. The Labute approximate surface area is 83.7 Å². The first-order valence-electron chi connectivity index (χ1n) is 4.73. The van der Waals surface area contributed by atoms with Crippen LogP contribution < -0.4 is 5.73 Å². The molecule has 0 unspecified atom stereocenters. The Bertz CT molecular complexity index is 392. The number of aryl methyl sites for hydroxylation is 2. The number of nitrogens with zero attached hydrogens (tertiary/aromatic N) is 3. The lowest BCUT2D eigenvalue weighted by molar-refractivity contribution is 0.961. The molecule has 0 atom stereocenters. The van der Waals surface area contributed by atoms with Gasteiger partial charge in [0.2, 0.25) is 0 Å². The number of hydrogen-bond acceptors (Lipinski definition) is 3. The molecule has 0 radical (unpaired) electrons. The number of fused-ring (bicyclic) bond motifs is 1. The number of nitrogens with two attached hydrogens (primary N) is 1. The smallest absolute Gasteiger partial charge is 0.107 e. The van der Waals surface area contributed by atoms with Gasteiger partial charge in [0.1, 0.15) is 5.82 Å². The van der Waals surface area contributed by atoms with Crippen LogP contribution in [-0.4, -0.2) is 14.8 Å². The van der Waals surface area contributed by atoms with E-state index in [-0.39, 0.29) is 0 Å². The summed E-state index contributed by atoms with van der Waals surface area (Å²) in [7, 11) is 1.92. The fourth-order valence-electron chi connectivity index (χ4n) is 1.39. The van der Waals surface area contributed by atoms with Crippen molar-refractivity contribution in [2.75, 3.05) is 5.73 Å². The molecule has 14 heavy (non-hydrogen) atoms. The van der Waals surface area contributed by atoms with Gasteiger partial charge in [-0.05, 0) is 6.92 Å². The van der Waals surface area contributed by atoms with Crippen molar-refractivity contribution in [1.82, 2.24) is 14.8 Å². The summed E-state index contributed by atoms with van der Waals surface area (Å²) in [6.07, 6.45) is 3.46. The second-order valence-electron chi connectivity index (χ2n) is 2.86. The first-order chi connectivity index (χ1) is 6.72. The monoisotopic (exact) mass is 192 g/mol. The van der Waals surface area contributed by atoms with Crippen LogP contribution in [0.4, 0.5) is 5.82 Å². The maximum atomic E-state index is 5.82. The van der Waals surface area contributed by atoms with Crippen molar-refractivity contribution >= 4 is 16.7 Å². The van der Waals surface area contributed by atoms with E-state index >= 15 is 0 Å². The summed E-state index contributed by atoms with van der Waals surface area (Å²) in [4.78, 5) is 0. The van der Waals surface area contributed by atoms with Gasteiger partial charge in [-0.1, -0.05) is 13.8 Å². The number of anilines is 1. The van der Waals surface area contributed by atoms with E-state index < -0.39 is 0 Å². The van der Waals surface area contributed by atoms with E-state index in [1.807, 2.05) is 32.4 Å². The fourth-order valence-corrected chi connectivity index (χ4v) is 1.39. The molecular formula is C10H16N4. The lowest BCUT2D eigenvalue weighted by atomic mass is 10.2. The molecule has 2 aromatic rings. The quantitative estimate of drug-likeness (QED) is 0.693. The van der Waals surface area contributed by atoms with Crippen molar-refractivity contribution in [2.45, 2.75) is 20.8 Å². The van der Waals surface area contributed by atoms with E-state index in [1.54, 1.807) is 12.4 Å². The Kier molecular flexibility index (Phi) is 3.06. The molecule has 0 aromatic carbocycles. The second-order valence-corrected chi connectivity index (χ2v) is 2.86. The van der Waals surface area contributed by atoms with Gasteiger partial charge in [-0.3, -0.25) is 0 Å². The van der Waals surface area contributed by atoms with Gasteiger partial charge in [0.05, 0.1) is 17.9 Å². The molecular weight excluding hydrogens is 176 g/mol. The van der Waals surface area contributed by atoms with Crippen LogP contribution in [0.5, 0.6) is 0 Å². The van der Waals surface area contributed by atoms with E-state index in [9.17, 15) is 0 Å². The van der Waals surface area contributed by atoms with E-state index in [4.69, 9.17) is 5.73 Å². The molecule has 0 amide bonds. The highest BCUT2D eigenvalue weighted by Gasteiger charge is 2.07. The minimum Gasteiger partial charge on any atom is -0.385 e. The third-order valence-corrected chi connectivity index (χ3v) is 2.22. The SMILES string of the molecule is CC.Cc1c(N)n(C)c2cnncc12. The van der Waals surface area contributed by atoms with Crippen molar-refractivity contribution in [2.24, 2.45) is 7.05 Å². The van der Waals surface area contributed by atoms with Crippen LogP contribution in [0.3, 0.4) is 0 Å². The summed E-state index contributed by atoms with van der Waals surface area (Å²) in [5, 5.41) is 8.69. The predicted octanol–water partition coefficient (Wildman–Crippen LogP) is 1.89. The molecule has 0 bridgehead atoms. The Hall–Kier alpha value is -1.58. The molecule has 0 saturated heterocycles. The van der Waals surface area contributed by atoms with Crippen molar-refractivity contribution in [3.8, 4) is 0 Å². The summed E-state index contributed by atoms with van der Waals surface area (Å²) >= 11 is 0. The summed E-state index contributed by atoms with van der Waals surface area (Å²) < 4.78 is 1.92. The van der Waals surface area contributed by atoms with Gasteiger partial charge in [-0.2, -0.15) is 10.2 Å². The van der Waals surface area contributed by atoms with Gasteiger partial charge >= 0.3 is 0 Å². The van der Waals surface area contributed by atoms with E-state index in [1.165, 1.54) is 0 Å². The predicted molar refractivity (Wildman–Crippen MR) is 59.0 cm³/mol. The third-order valence-electron chi connectivity index (χ3n) is 2.22. The third kappa shape index (κ3) is 1.43. The molecule has 2 heterocycles. The summed E-state index contributed by atoms with van der Waals surface area (Å²) in [5.41, 5.74) is 7.92. The first-order valence-corrected chi connectivity index (χ1v) is 4.73. The molecule has 76 valence electrons. The molecule has 0 aliphatic carbocycles.